The Bertz CT molecular complexity index is 1400. The van der Waals surface area contributed by atoms with Gasteiger partial charge in [-0.15, -0.1) is 0 Å². The van der Waals surface area contributed by atoms with Crippen molar-refractivity contribution in [2.24, 2.45) is 10.8 Å². The van der Waals surface area contributed by atoms with Gasteiger partial charge in [-0.25, -0.2) is 0 Å². The molecule has 0 unspecified atom stereocenters. The molecule has 0 saturated heterocycles. The molecule has 2 aliphatic rings. The maximum absolute atomic E-state index is 2.52. The molecular formula is C48H57FeP3+2. The maximum atomic E-state index is 2.52. The standard InChI is InChI=1S/C33H31P2.C15H26P.Fe/c1-33(2,3)26-24-31(34(27-16-8-4-9-17-27)28-18-10-5-11-19-28)32(25-26)35(29-20-12-6-13-21-29)30-22-14-7-15-23-30;1-11(2)16(12(3)4)14-9-8-13(10-14)15(5,6)7;/h4-25H,1-3H3;8-12H,1-7H3;/q;;+2. The number of benzene rings is 4. The average molecular weight is 783 g/mol. The van der Waals surface area contributed by atoms with Crippen LogP contribution in [0.15, 0.2) is 121 Å². The van der Waals surface area contributed by atoms with Gasteiger partial charge in [-0.05, 0) is 103 Å². The van der Waals surface area contributed by atoms with Crippen molar-refractivity contribution < 1.29 is 17.1 Å². The van der Waals surface area contributed by atoms with E-state index >= 15 is 0 Å². The molecule has 0 amide bonds. The maximum Gasteiger partial charge on any atom is 2.00 e. The molecule has 0 nitrogen and oxygen atoms in total. The van der Waals surface area contributed by atoms with E-state index in [2.05, 4.69) is 223 Å². The molecule has 2 fully saturated rings. The molecule has 0 N–H and O–H groups in total. The van der Waals surface area contributed by atoms with Crippen LogP contribution >= 0.6 is 23.8 Å². The van der Waals surface area contributed by atoms with Gasteiger partial charge >= 0.3 is 17.1 Å². The molecule has 10 radical (unpaired) electrons. The van der Waals surface area contributed by atoms with E-state index in [4.69, 9.17) is 0 Å². The molecule has 0 spiro atoms. The van der Waals surface area contributed by atoms with Crippen molar-refractivity contribution in [3.05, 3.63) is 182 Å². The number of hydrogen-bond donors (Lipinski definition) is 0. The van der Waals surface area contributed by atoms with Crippen molar-refractivity contribution in [2.75, 3.05) is 0 Å². The van der Waals surface area contributed by atoms with Crippen molar-refractivity contribution in [1.82, 2.24) is 0 Å². The minimum atomic E-state index is -0.690. The van der Waals surface area contributed by atoms with Gasteiger partial charge in [-0.1, -0.05) is 198 Å². The fraction of sp³-hybridized carbons (Fsp3) is 0.292. The summed E-state index contributed by atoms with van der Waals surface area (Å²) in [4.78, 5) is 0. The average Bonchev–Trinajstić information content (AvgIpc) is 3.76. The third kappa shape index (κ3) is 11.1. The predicted octanol–water partition coefficient (Wildman–Crippen LogP) is 12.4. The zero-order valence-electron chi connectivity index (χ0n) is 32.8. The summed E-state index contributed by atoms with van der Waals surface area (Å²) in [5.41, 5.74) is 6.49. The second-order valence-electron chi connectivity index (χ2n) is 16.0. The first-order valence-corrected chi connectivity index (χ1v) is 22.6. The molecule has 0 heterocycles. The van der Waals surface area contributed by atoms with Crippen LogP contribution in [0.1, 0.15) is 69.2 Å². The van der Waals surface area contributed by atoms with E-state index < -0.39 is 15.8 Å². The summed E-state index contributed by atoms with van der Waals surface area (Å²) in [6.45, 7) is 23.3. The van der Waals surface area contributed by atoms with Gasteiger partial charge in [0.25, 0.3) is 0 Å². The van der Waals surface area contributed by atoms with Gasteiger partial charge in [0, 0.05) is 17.0 Å². The van der Waals surface area contributed by atoms with Gasteiger partial charge < -0.3 is 0 Å². The Hall–Kier alpha value is -1.31. The topological polar surface area (TPSA) is 0 Å². The molecule has 4 aromatic rings. The minimum absolute atomic E-state index is 0. The molecule has 0 aromatic heterocycles. The molecule has 4 aromatic carbocycles. The van der Waals surface area contributed by atoms with Crippen LogP contribution in [0.25, 0.3) is 0 Å². The molecule has 0 bridgehead atoms. The summed E-state index contributed by atoms with van der Waals surface area (Å²) in [5.74, 6) is 2.90. The summed E-state index contributed by atoms with van der Waals surface area (Å²) in [6, 6.07) is 44.4. The fourth-order valence-corrected chi connectivity index (χ4v) is 14.9. The van der Waals surface area contributed by atoms with Crippen molar-refractivity contribution in [3.63, 3.8) is 0 Å². The van der Waals surface area contributed by atoms with Crippen LogP contribution in [0.5, 0.6) is 0 Å². The first-order valence-electron chi connectivity index (χ1n) is 18.4. The molecule has 2 saturated carbocycles. The number of hydrogen-bond acceptors (Lipinski definition) is 0. The summed E-state index contributed by atoms with van der Waals surface area (Å²) in [5, 5.41) is 5.60. The van der Waals surface area contributed by atoms with Crippen LogP contribution < -0.4 is 21.2 Å². The van der Waals surface area contributed by atoms with Crippen LogP contribution in [0.2, 0.25) is 0 Å². The molecule has 52 heavy (non-hydrogen) atoms. The monoisotopic (exact) mass is 782 g/mol. The van der Waals surface area contributed by atoms with Gasteiger partial charge in [0.1, 0.15) is 0 Å². The molecule has 6 rings (SSSR count). The Morgan fingerprint density at radius 3 is 0.962 bits per heavy atom. The second-order valence-corrected chi connectivity index (χ2v) is 23.7. The fourth-order valence-electron chi connectivity index (χ4n) is 6.69. The van der Waals surface area contributed by atoms with E-state index in [1.807, 2.05) is 0 Å². The van der Waals surface area contributed by atoms with E-state index in [1.165, 1.54) is 44.4 Å². The predicted molar refractivity (Wildman–Crippen MR) is 232 cm³/mol. The third-order valence-corrected chi connectivity index (χ3v) is 17.5. The van der Waals surface area contributed by atoms with Crippen molar-refractivity contribution in [2.45, 2.75) is 80.6 Å². The third-order valence-electron chi connectivity index (χ3n) is 9.27. The first kappa shape index (κ1) is 43.4. The summed E-state index contributed by atoms with van der Waals surface area (Å²) in [6.07, 6.45) is 12.1. The van der Waals surface area contributed by atoms with Gasteiger partial charge in [-0.3, -0.25) is 0 Å². The van der Waals surface area contributed by atoms with E-state index in [9.17, 15) is 0 Å². The summed E-state index contributed by atoms with van der Waals surface area (Å²) < 4.78 is 0. The van der Waals surface area contributed by atoms with E-state index in [0.29, 0.717) is 0 Å². The zero-order valence-corrected chi connectivity index (χ0v) is 36.6. The van der Waals surface area contributed by atoms with E-state index in [-0.39, 0.29) is 35.8 Å². The normalized spacial score (nSPS) is 17.0. The Kier molecular flexibility index (Phi) is 16.3. The quantitative estimate of drug-likeness (QED) is 0.117. The molecule has 270 valence electrons. The van der Waals surface area contributed by atoms with E-state index in [1.54, 1.807) is 5.66 Å². The molecule has 4 heteroatoms. The van der Waals surface area contributed by atoms with Crippen molar-refractivity contribution >= 4 is 45.0 Å². The Morgan fingerprint density at radius 2 is 0.712 bits per heavy atom. The first-order chi connectivity index (χ1) is 24.3. The van der Waals surface area contributed by atoms with Gasteiger partial charge in [0.2, 0.25) is 0 Å². The van der Waals surface area contributed by atoms with Crippen molar-refractivity contribution in [1.29, 1.82) is 0 Å². The van der Waals surface area contributed by atoms with E-state index in [0.717, 1.165) is 11.3 Å². The number of rotatable bonds is 9. The Labute approximate surface area is 333 Å². The van der Waals surface area contributed by atoms with Gasteiger partial charge in [-0.2, -0.15) is 0 Å². The summed E-state index contributed by atoms with van der Waals surface area (Å²) in [7, 11) is -1.38. The zero-order chi connectivity index (χ0) is 36.8. The molecule has 0 atom stereocenters. The minimum Gasteiger partial charge on any atom is -0.0935 e. The SMILES string of the molecule is CC(C)(C)[C]1[CH][C](P(c2ccccc2)c2ccccc2)[C](P(c2ccccc2)c2ccccc2)[CH]1.CC(C)P([C]1[CH][CH][C](C(C)(C)C)[CH]1)C(C)C.[Fe+2]. The van der Waals surface area contributed by atoms with Crippen LogP contribution in [-0.4, -0.2) is 11.3 Å². The summed E-state index contributed by atoms with van der Waals surface area (Å²) >= 11 is 0. The largest absolute Gasteiger partial charge is 2.00 e. The van der Waals surface area contributed by atoms with Gasteiger partial charge in [0.15, 0.2) is 0 Å². The van der Waals surface area contributed by atoms with Gasteiger partial charge in [0.05, 0.1) is 0 Å². The van der Waals surface area contributed by atoms with Crippen molar-refractivity contribution in [3.8, 4) is 0 Å². The Morgan fingerprint density at radius 1 is 0.404 bits per heavy atom. The molecule has 2 aliphatic carbocycles. The van der Waals surface area contributed by atoms with Crippen LogP contribution in [0, 0.1) is 71.7 Å². The van der Waals surface area contributed by atoms with Crippen LogP contribution in [0.4, 0.5) is 0 Å². The van der Waals surface area contributed by atoms with Crippen LogP contribution in [0.3, 0.4) is 0 Å². The van der Waals surface area contributed by atoms with Crippen LogP contribution in [-0.2, 0) is 17.1 Å². The Balaban J connectivity index is 0.000000301. The molecule has 0 aliphatic heterocycles. The molecular weight excluding hydrogens is 725 g/mol. The second kappa shape index (κ2) is 19.5. The smallest absolute Gasteiger partial charge is 0.0935 e.